The second-order valence-corrected chi connectivity index (χ2v) is 9.28. The quantitative estimate of drug-likeness (QED) is 0.758. The van der Waals surface area contributed by atoms with E-state index in [-0.39, 0.29) is 43.0 Å². The van der Waals surface area contributed by atoms with Gasteiger partial charge in [0.05, 0.1) is 4.90 Å². The van der Waals surface area contributed by atoms with Crippen molar-refractivity contribution in [3.05, 3.63) is 65.7 Å². The molecule has 2 saturated heterocycles. The van der Waals surface area contributed by atoms with E-state index in [1.165, 1.54) is 4.31 Å². The van der Waals surface area contributed by atoms with E-state index in [9.17, 15) is 22.0 Å². The molecular formula is C20H22F2N4O3S. The summed E-state index contributed by atoms with van der Waals surface area (Å²) in [4.78, 5) is 14.2. The van der Waals surface area contributed by atoms with Crippen LogP contribution < -0.4 is 10.9 Å². The van der Waals surface area contributed by atoms with Gasteiger partial charge in [0.25, 0.3) is 0 Å². The zero-order chi connectivity index (χ0) is 21.3. The lowest BCUT2D eigenvalue weighted by molar-refractivity contribution is -0.134. The smallest absolute Gasteiger partial charge is 0.243 e. The highest BCUT2D eigenvalue weighted by molar-refractivity contribution is 7.89. The van der Waals surface area contributed by atoms with Crippen LogP contribution in [0.4, 0.5) is 8.78 Å². The molecule has 0 aliphatic carbocycles. The first-order chi connectivity index (χ1) is 14.4. The van der Waals surface area contributed by atoms with Gasteiger partial charge in [0.2, 0.25) is 15.9 Å². The van der Waals surface area contributed by atoms with E-state index < -0.39 is 27.7 Å². The average Bonchev–Trinajstić information content (AvgIpc) is 3.26. The Morgan fingerprint density at radius 3 is 2.30 bits per heavy atom. The minimum absolute atomic E-state index is 0.0233. The van der Waals surface area contributed by atoms with E-state index in [2.05, 4.69) is 10.9 Å². The standard InChI is InChI=1S/C20H22F2N4O3S/c21-16-7-6-15(12-17(16)22)30(28,29)26-10-8-25(9-11-26)20(27)19-13-18(23-24-19)14-4-2-1-3-5-14/h1-7,12,18-19,23-24H,8-11,13H2. The summed E-state index contributed by atoms with van der Waals surface area (Å²) in [5.41, 5.74) is 7.25. The van der Waals surface area contributed by atoms with Crippen molar-refractivity contribution in [3.8, 4) is 0 Å². The molecule has 0 spiro atoms. The molecule has 4 rings (SSSR count). The Labute approximate surface area is 173 Å². The molecule has 2 fully saturated rings. The van der Waals surface area contributed by atoms with Crippen LogP contribution in [0.15, 0.2) is 53.4 Å². The van der Waals surface area contributed by atoms with Crippen LogP contribution in [0.5, 0.6) is 0 Å². The first-order valence-electron chi connectivity index (χ1n) is 9.66. The Morgan fingerprint density at radius 1 is 0.933 bits per heavy atom. The minimum Gasteiger partial charge on any atom is -0.339 e. The van der Waals surface area contributed by atoms with Gasteiger partial charge in [-0.25, -0.2) is 28.1 Å². The molecule has 2 aromatic carbocycles. The highest BCUT2D eigenvalue weighted by atomic mass is 32.2. The van der Waals surface area contributed by atoms with E-state index >= 15 is 0 Å². The first-order valence-corrected chi connectivity index (χ1v) is 11.1. The topological polar surface area (TPSA) is 81.8 Å². The van der Waals surface area contributed by atoms with Gasteiger partial charge in [0, 0.05) is 32.2 Å². The zero-order valence-corrected chi connectivity index (χ0v) is 16.9. The number of amides is 1. The van der Waals surface area contributed by atoms with Gasteiger partial charge in [-0.2, -0.15) is 4.31 Å². The van der Waals surface area contributed by atoms with E-state index in [1.54, 1.807) is 4.90 Å². The van der Waals surface area contributed by atoms with E-state index in [0.717, 1.165) is 17.7 Å². The maximum atomic E-state index is 13.4. The minimum atomic E-state index is -3.95. The highest BCUT2D eigenvalue weighted by Crippen LogP contribution is 2.24. The third kappa shape index (κ3) is 4.08. The molecule has 160 valence electrons. The number of hydrogen-bond acceptors (Lipinski definition) is 5. The second kappa shape index (κ2) is 8.38. The van der Waals surface area contributed by atoms with Crippen molar-refractivity contribution in [2.75, 3.05) is 26.2 Å². The van der Waals surface area contributed by atoms with Crippen LogP contribution in [0.25, 0.3) is 0 Å². The number of piperazine rings is 1. The molecule has 2 heterocycles. The maximum absolute atomic E-state index is 13.4. The SMILES string of the molecule is O=C(C1CC(c2ccccc2)NN1)N1CCN(S(=O)(=O)c2ccc(F)c(F)c2)CC1. The number of carbonyl (C=O) groups is 1. The van der Waals surface area contributed by atoms with Gasteiger partial charge >= 0.3 is 0 Å². The summed E-state index contributed by atoms with van der Waals surface area (Å²) in [7, 11) is -3.95. The number of halogens is 2. The highest BCUT2D eigenvalue weighted by Gasteiger charge is 2.36. The van der Waals surface area contributed by atoms with Gasteiger partial charge in [-0.1, -0.05) is 30.3 Å². The second-order valence-electron chi connectivity index (χ2n) is 7.35. The van der Waals surface area contributed by atoms with E-state index in [4.69, 9.17) is 0 Å². The van der Waals surface area contributed by atoms with Crippen molar-refractivity contribution in [2.45, 2.75) is 23.4 Å². The van der Waals surface area contributed by atoms with Gasteiger partial charge in [-0.15, -0.1) is 0 Å². The molecule has 10 heteroatoms. The number of carbonyl (C=O) groups excluding carboxylic acids is 1. The van der Waals surface area contributed by atoms with E-state index in [1.807, 2.05) is 30.3 Å². The number of sulfonamides is 1. The summed E-state index contributed by atoms with van der Waals surface area (Å²) in [6.45, 7) is 0.649. The van der Waals surface area contributed by atoms with Crippen molar-refractivity contribution in [1.82, 2.24) is 20.1 Å². The van der Waals surface area contributed by atoms with Crippen molar-refractivity contribution in [2.24, 2.45) is 0 Å². The number of nitrogens with one attached hydrogen (secondary N) is 2. The predicted octanol–water partition coefficient (Wildman–Crippen LogP) is 1.41. The summed E-state index contributed by atoms with van der Waals surface area (Å²) in [6, 6.07) is 12.0. The number of hydrazine groups is 1. The van der Waals surface area contributed by atoms with Gasteiger partial charge in [0.1, 0.15) is 6.04 Å². The Kier molecular flexibility index (Phi) is 5.83. The summed E-state index contributed by atoms with van der Waals surface area (Å²) in [6.07, 6.45) is 0.593. The summed E-state index contributed by atoms with van der Waals surface area (Å²) in [5, 5.41) is 0. The Hall–Kier alpha value is -2.40. The third-order valence-corrected chi connectivity index (χ3v) is 7.38. The first kappa shape index (κ1) is 20.9. The molecule has 30 heavy (non-hydrogen) atoms. The molecule has 2 aliphatic rings. The Bertz CT molecular complexity index is 1030. The third-order valence-electron chi connectivity index (χ3n) is 5.48. The summed E-state index contributed by atoms with van der Waals surface area (Å²) >= 11 is 0. The predicted molar refractivity (Wildman–Crippen MR) is 106 cm³/mol. The molecule has 1 amide bonds. The lowest BCUT2D eigenvalue weighted by Gasteiger charge is -2.35. The van der Waals surface area contributed by atoms with Crippen LogP contribution in [-0.4, -0.2) is 55.8 Å². The van der Waals surface area contributed by atoms with Crippen LogP contribution >= 0.6 is 0 Å². The summed E-state index contributed by atoms with van der Waals surface area (Å²) in [5.74, 6) is -2.40. The number of hydrogen-bond donors (Lipinski definition) is 2. The normalized spacial score (nSPS) is 22.9. The van der Waals surface area contributed by atoms with Crippen LogP contribution in [-0.2, 0) is 14.8 Å². The molecule has 2 aliphatic heterocycles. The van der Waals surface area contributed by atoms with Crippen LogP contribution in [0.2, 0.25) is 0 Å². The molecular weight excluding hydrogens is 414 g/mol. The van der Waals surface area contributed by atoms with Gasteiger partial charge in [0.15, 0.2) is 11.6 Å². The Balaban J connectivity index is 1.36. The molecule has 2 N–H and O–H groups in total. The average molecular weight is 436 g/mol. The molecule has 0 radical (unpaired) electrons. The van der Waals surface area contributed by atoms with Crippen molar-refractivity contribution >= 4 is 15.9 Å². The van der Waals surface area contributed by atoms with Crippen LogP contribution in [0, 0.1) is 11.6 Å². The largest absolute Gasteiger partial charge is 0.339 e. The fourth-order valence-corrected chi connectivity index (χ4v) is 5.21. The van der Waals surface area contributed by atoms with Gasteiger partial charge < -0.3 is 4.90 Å². The van der Waals surface area contributed by atoms with Gasteiger partial charge in [-0.3, -0.25) is 4.79 Å². The molecule has 0 saturated carbocycles. The zero-order valence-electron chi connectivity index (χ0n) is 16.1. The number of nitrogens with zero attached hydrogens (tertiary/aromatic N) is 2. The molecule has 0 aromatic heterocycles. The molecule has 2 unspecified atom stereocenters. The lowest BCUT2D eigenvalue weighted by atomic mass is 10.0. The van der Waals surface area contributed by atoms with Crippen LogP contribution in [0.3, 0.4) is 0 Å². The van der Waals surface area contributed by atoms with Crippen molar-refractivity contribution in [1.29, 1.82) is 0 Å². The van der Waals surface area contributed by atoms with Crippen molar-refractivity contribution in [3.63, 3.8) is 0 Å². The van der Waals surface area contributed by atoms with E-state index in [0.29, 0.717) is 12.5 Å². The molecule has 7 nitrogen and oxygen atoms in total. The number of benzene rings is 2. The molecule has 2 aromatic rings. The fourth-order valence-electron chi connectivity index (χ4n) is 3.78. The van der Waals surface area contributed by atoms with Gasteiger partial charge in [-0.05, 0) is 30.2 Å². The monoisotopic (exact) mass is 436 g/mol. The van der Waals surface area contributed by atoms with Crippen LogP contribution in [0.1, 0.15) is 18.0 Å². The number of rotatable bonds is 4. The van der Waals surface area contributed by atoms with Crippen molar-refractivity contribution < 1.29 is 22.0 Å². The lowest BCUT2D eigenvalue weighted by Crippen LogP contribution is -2.54. The Morgan fingerprint density at radius 2 is 1.63 bits per heavy atom. The maximum Gasteiger partial charge on any atom is 0.243 e. The summed E-state index contributed by atoms with van der Waals surface area (Å²) < 4.78 is 53.1. The molecule has 2 atom stereocenters. The fraction of sp³-hybridized carbons (Fsp3) is 0.350. The molecule has 0 bridgehead atoms.